The largest absolute Gasteiger partial charge is 0.348 e. The van der Waals surface area contributed by atoms with E-state index in [1.54, 1.807) is 6.07 Å². The van der Waals surface area contributed by atoms with Gasteiger partial charge in [0.25, 0.3) is 0 Å². The lowest BCUT2D eigenvalue weighted by Gasteiger charge is -2.21. The zero-order valence-electron chi connectivity index (χ0n) is 15.3. The third-order valence-electron chi connectivity index (χ3n) is 4.35. The molecule has 0 amide bonds. The van der Waals surface area contributed by atoms with Gasteiger partial charge in [-0.05, 0) is 56.4 Å². The smallest absolute Gasteiger partial charge is 0.173 e. The highest BCUT2D eigenvalue weighted by Gasteiger charge is 2.16. The lowest BCUT2D eigenvalue weighted by atomic mass is 10.2. The molecule has 3 aromatic rings. The summed E-state index contributed by atoms with van der Waals surface area (Å²) in [5.41, 5.74) is 4.80. The van der Waals surface area contributed by atoms with Crippen LogP contribution >= 0.6 is 23.8 Å². The molecule has 0 aliphatic heterocycles. The van der Waals surface area contributed by atoms with Gasteiger partial charge in [0.05, 0.1) is 16.4 Å². The van der Waals surface area contributed by atoms with Crippen LogP contribution in [0.2, 0.25) is 5.02 Å². The van der Waals surface area contributed by atoms with Gasteiger partial charge in [0.15, 0.2) is 5.11 Å². The maximum atomic E-state index is 13.3. The van der Waals surface area contributed by atoms with Gasteiger partial charge in [0.2, 0.25) is 0 Å². The van der Waals surface area contributed by atoms with E-state index in [1.165, 1.54) is 12.1 Å². The highest BCUT2D eigenvalue weighted by atomic mass is 35.5. The maximum absolute atomic E-state index is 13.3. The molecule has 0 fully saturated rings. The van der Waals surface area contributed by atoms with Crippen LogP contribution in [0.4, 0.5) is 10.1 Å². The topological polar surface area (TPSA) is 33.1 Å². The average Bonchev–Trinajstić information content (AvgIpc) is 2.93. The molecule has 4 nitrogen and oxygen atoms in total. The second kappa shape index (κ2) is 8.06. The molecule has 0 aliphatic rings. The summed E-state index contributed by atoms with van der Waals surface area (Å²) in [5, 5.41) is 8.33. The van der Waals surface area contributed by atoms with E-state index in [2.05, 4.69) is 10.4 Å². The summed E-state index contributed by atoms with van der Waals surface area (Å²) >= 11 is 11.3. The molecule has 0 spiro atoms. The molecule has 27 heavy (non-hydrogen) atoms. The summed E-state index contributed by atoms with van der Waals surface area (Å²) in [4.78, 5) is 1.92. The minimum absolute atomic E-state index is 0.0567. The number of rotatable bonds is 4. The Morgan fingerprint density at radius 1 is 1.22 bits per heavy atom. The SMILES string of the molecule is Cc1nn(-c2ccccc2)c(C)c1CN(C)C(=S)Nc1ccc(F)c(Cl)c1. The predicted molar refractivity (Wildman–Crippen MR) is 112 cm³/mol. The molecule has 0 bridgehead atoms. The van der Waals surface area contributed by atoms with Crippen LogP contribution in [-0.2, 0) is 6.54 Å². The molecule has 3 rings (SSSR count). The summed E-state index contributed by atoms with van der Waals surface area (Å²) in [6.07, 6.45) is 0. The molecule has 2 aromatic carbocycles. The summed E-state index contributed by atoms with van der Waals surface area (Å²) in [5.74, 6) is -0.457. The third-order valence-corrected chi connectivity index (χ3v) is 5.06. The highest BCUT2D eigenvalue weighted by molar-refractivity contribution is 7.80. The summed E-state index contributed by atoms with van der Waals surface area (Å²) in [6.45, 7) is 4.64. The maximum Gasteiger partial charge on any atom is 0.173 e. The Balaban J connectivity index is 1.75. The van der Waals surface area contributed by atoms with Crippen molar-refractivity contribution in [3.8, 4) is 5.69 Å². The van der Waals surface area contributed by atoms with Crippen molar-refractivity contribution in [2.45, 2.75) is 20.4 Å². The Hall–Kier alpha value is -2.44. The molecule has 0 aliphatic carbocycles. The number of para-hydroxylation sites is 1. The van der Waals surface area contributed by atoms with Gasteiger partial charge >= 0.3 is 0 Å². The number of benzene rings is 2. The number of aromatic nitrogens is 2. The number of halogens is 2. The number of aryl methyl sites for hydroxylation is 1. The van der Waals surface area contributed by atoms with Crippen molar-refractivity contribution in [2.24, 2.45) is 0 Å². The van der Waals surface area contributed by atoms with Crippen molar-refractivity contribution in [2.75, 3.05) is 12.4 Å². The van der Waals surface area contributed by atoms with Gasteiger partial charge in [-0.1, -0.05) is 29.8 Å². The van der Waals surface area contributed by atoms with Crippen LogP contribution in [0.3, 0.4) is 0 Å². The molecule has 0 radical (unpaired) electrons. The zero-order chi connectivity index (χ0) is 19.6. The number of thiocarbonyl (C=S) groups is 1. The number of nitrogens with zero attached hydrogens (tertiary/aromatic N) is 3. The van der Waals surface area contributed by atoms with Gasteiger partial charge < -0.3 is 10.2 Å². The fraction of sp³-hybridized carbons (Fsp3) is 0.200. The van der Waals surface area contributed by atoms with Crippen molar-refractivity contribution in [3.63, 3.8) is 0 Å². The fourth-order valence-electron chi connectivity index (χ4n) is 2.83. The molecule has 1 aromatic heterocycles. The second-order valence-corrected chi connectivity index (χ2v) is 7.11. The molecule has 7 heteroatoms. The Morgan fingerprint density at radius 2 is 1.93 bits per heavy atom. The van der Waals surface area contributed by atoms with Crippen LogP contribution in [0.25, 0.3) is 5.69 Å². The van der Waals surface area contributed by atoms with E-state index >= 15 is 0 Å². The van der Waals surface area contributed by atoms with Crippen LogP contribution < -0.4 is 5.32 Å². The summed E-state index contributed by atoms with van der Waals surface area (Å²) in [7, 11) is 1.90. The van der Waals surface area contributed by atoms with Gasteiger partial charge in [0, 0.05) is 30.5 Å². The normalized spacial score (nSPS) is 10.7. The Labute approximate surface area is 168 Å². The average molecular weight is 403 g/mol. The van der Waals surface area contributed by atoms with Crippen LogP contribution in [0, 0.1) is 19.7 Å². The van der Waals surface area contributed by atoms with Gasteiger partial charge in [-0.2, -0.15) is 5.10 Å². The van der Waals surface area contributed by atoms with Gasteiger partial charge in [-0.15, -0.1) is 0 Å². The molecule has 0 saturated carbocycles. The second-order valence-electron chi connectivity index (χ2n) is 6.31. The number of nitrogens with one attached hydrogen (secondary N) is 1. The summed E-state index contributed by atoms with van der Waals surface area (Å²) < 4.78 is 15.2. The van der Waals surface area contributed by atoms with Crippen LogP contribution in [0.5, 0.6) is 0 Å². The summed E-state index contributed by atoms with van der Waals surface area (Å²) in [6, 6.07) is 14.4. The zero-order valence-corrected chi connectivity index (χ0v) is 16.9. The van der Waals surface area contributed by atoms with Crippen molar-refractivity contribution in [1.82, 2.24) is 14.7 Å². The van der Waals surface area contributed by atoms with Gasteiger partial charge in [-0.25, -0.2) is 9.07 Å². The first kappa shape index (κ1) is 19.3. The first-order valence-corrected chi connectivity index (χ1v) is 9.23. The monoisotopic (exact) mass is 402 g/mol. The molecule has 1 heterocycles. The lowest BCUT2D eigenvalue weighted by molar-refractivity contribution is 0.505. The number of hydrogen-bond donors (Lipinski definition) is 1. The highest BCUT2D eigenvalue weighted by Crippen LogP contribution is 2.21. The number of anilines is 1. The standard InChI is InChI=1S/C20H20ClFN4S/c1-13-17(14(2)26(24-13)16-7-5-4-6-8-16)12-25(3)20(27)23-15-9-10-19(22)18(21)11-15/h4-11H,12H2,1-3H3,(H,23,27). The van der Waals surface area contributed by atoms with Crippen molar-refractivity contribution in [1.29, 1.82) is 0 Å². The first-order chi connectivity index (χ1) is 12.9. The Morgan fingerprint density at radius 3 is 2.59 bits per heavy atom. The van der Waals surface area contributed by atoms with E-state index in [0.717, 1.165) is 22.6 Å². The number of hydrogen-bond acceptors (Lipinski definition) is 2. The molecule has 0 saturated heterocycles. The quantitative estimate of drug-likeness (QED) is 0.615. The first-order valence-electron chi connectivity index (χ1n) is 8.44. The van der Waals surface area contributed by atoms with Crippen molar-refractivity contribution >= 4 is 34.6 Å². The minimum atomic E-state index is -0.457. The molecule has 0 atom stereocenters. The molecule has 140 valence electrons. The van der Waals surface area contributed by atoms with Gasteiger partial charge in [-0.3, -0.25) is 0 Å². The van der Waals surface area contributed by atoms with Crippen LogP contribution in [0.1, 0.15) is 17.0 Å². The molecular weight excluding hydrogens is 383 g/mol. The fourth-order valence-corrected chi connectivity index (χ4v) is 3.19. The van der Waals surface area contributed by atoms with E-state index in [4.69, 9.17) is 23.8 Å². The van der Waals surface area contributed by atoms with E-state index in [1.807, 2.05) is 60.8 Å². The molecule has 1 N–H and O–H groups in total. The third kappa shape index (κ3) is 4.28. The van der Waals surface area contributed by atoms with E-state index in [9.17, 15) is 4.39 Å². The minimum Gasteiger partial charge on any atom is -0.348 e. The predicted octanol–water partition coefficient (Wildman–Crippen LogP) is 5.11. The lowest BCUT2D eigenvalue weighted by Crippen LogP contribution is -2.31. The molecular formula is C20H20ClFN4S. The Kier molecular flexibility index (Phi) is 5.77. The van der Waals surface area contributed by atoms with Crippen molar-refractivity contribution < 1.29 is 4.39 Å². The van der Waals surface area contributed by atoms with Gasteiger partial charge in [0.1, 0.15) is 5.82 Å². The van der Waals surface area contributed by atoms with E-state index in [-0.39, 0.29) is 5.02 Å². The molecule has 0 unspecified atom stereocenters. The van der Waals surface area contributed by atoms with Crippen molar-refractivity contribution in [3.05, 3.63) is 76.3 Å². The van der Waals surface area contributed by atoms with E-state index in [0.29, 0.717) is 17.3 Å². The Bertz CT molecular complexity index is 972. The van der Waals surface area contributed by atoms with Crippen LogP contribution in [0.15, 0.2) is 48.5 Å². The van der Waals surface area contributed by atoms with E-state index < -0.39 is 5.82 Å². The van der Waals surface area contributed by atoms with Crippen LogP contribution in [-0.4, -0.2) is 26.8 Å².